The van der Waals surface area contributed by atoms with Crippen LogP contribution in [0.2, 0.25) is 25.1 Å². The highest BCUT2D eigenvalue weighted by Gasteiger charge is 2.34. The molecule has 0 saturated carbocycles. The molecule has 0 unspecified atom stereocenters. The third kappa shape index (κ3) is 47.2. The number of rotatable bonds is 27. The number of benzene rings is 8. The summed E-state index contributed by atoms with van der Waals surface area (Å²) in [6.45, 7) is 51.8. The van der Waals surface area contributed by atoms with Gasteiger partial charge in [0, 0.05) is 74.6 Å². The van der Waals surface area contributed by atoms with Gasteiger partial charge in [0.15, 0.2) is 63.6 Å². The zero-order valence-electron chi connectivity index (χ0n) is 82.6. The summed E-state index contributed by atoms with van der Waals surface area (Å²) < 4.78 is 26.9. The molecule has 734 valence electrons. The number of carbonyl (C=O) groups excluding carboxylic acids is 8. The number of nitrogens with one attached hydrogen (secondary N) is 1. The van der Waals surface area contributed by atoms with Crippen molar-refractivity contribution in [3.05, 3.63) is 288 Å². The van der Waals surface area contributed by atoms with Crippen molar-refractivity contribution in [2.24, 2.45) is 84.0 Å². The lowest BCUT2D eigenvalue weighted by Gasteiger charge is -2.24. The Bertz CT molecular complexity index is 5080. The molecule has 20 nitrogen and oxygen atoms in total. The van der Waals surface area contributed by atoms with Crippen molar-refractivity contribution in [3.63, 3.8) is 0 Å². The third-order valence-corrected chi connectivity index (χ3v) is 22.8. The molecule has 0 fully saturated rings. The molecule has 0 aliphatic carbocycles. The molecule has 0 bridgehead atoms. The molecule has 0 radical (unpaired) electrons. The molecule has 8 aromatic rings. The number of Topliss-reactive ketones (excluding diaryl/α,β-unsaturated/α-hetero) is 8. The zero-order chi connectivity index (χ0) is 103. The monoisotopic (exact) mass is 2060 g/mol. The van der Waals surface area contributed by atoms with Gasteiger partial charge in [0.1, 0.15) is 0 Å². The van der Waals surface area contributed by atoms with Gasteiger partial charge in [0.25, 0.3) is 5.69 Å². The minimum atomic E-state index is -0.919. The molecule has 134 heavy (non-hydrogen) atoms. The number of aryl methyl sites for hydroxylation is 1. The summed E-state index contributed by atoms with van der Waals surface area (Å²) in [5, 5.41) is 16.4. The number of carbonyl (C=O) groups is 8. The Morgan fingerprint density at radius 1 is 0.373 bits per heavy atom. The van der Waals surface area contributed by atoms with E-state index in [1.54, 1.807) is 75.4 Å². The van der Waals surface area contributed by atoms with Crippen molar-refractivity contribution < 1.29 is 52.1 Å². The standard InChI is InChI=1S/C14H20ClNO.C14H18N2O.C14H21NO.2C13H17Cl2NO.C13H17F2NO.C13H18N2O3.C12H16INO/c1-14(2,3)13(17)12(16-4)9-10-5-7-11(15)8-6-10;1-14(2,3)13(17)12(15)9-10-5-7-11(16-4)8-6-10;1-10-5-7-11(8-6-10)9-12(15)13(16)14(2,3)4;1-13(2,3)12(17)11(16)6-8-4-5-9(14)7-10(8)15;2*1-13(2,3)12(17)11(16)7-8-4-5-9(14)10(15)6-8;1-13(2,3)12(16)11(14)8-9-4-6-10(7-5-9)15(17)18;1-8(2)12(15)11(14)7-9-3-5-10(13)6-4-9/h5-8,12,16H,9H2,1-4H3;5-8,12H,9,15H2,1-3H3;5-8,12H,9,15H2,1-4H3;4-5,7,11H,6,16H2,1-3H3;2*4-6,11H,7,16H2,1-3H3;4-7,11H,8,14H2,1-3H3;3-6,8,11H,7,14H2,1-2H3/t3*12-;5*11-/m11111111/s1. The van der Waals surface area contributed by atoms with E-state index in [9.17, 15) is 57.3 Å². The maximum atomic E-state index is 13.0. The Balaban J connectivity index is 0.000000766. The average Bonchev–Trinajstić information content (AvgIpc) is 0.855. The van der Waals surface area contributed by atoms with E-state index in [1.165, 1.54) is 27.3 Å². The van der Waals surface area contributed by atoms with Crippen LogP contribution in [0, 0.1) is 82.6 Å². The van der Waals surface area contributed by atoms with Crippen LogP contribution in [0.4, 0.5) is 20.2 Å². The lowest BCUT2D eigenvalue weighted by Crippen LogP contribution is -2.42. The van der Waals surface area contributed by atoms with Gasteiger partial charge in [-0.2, -0.15) is 0 Å². The van der Waals surface area contributed by atoms with Crippen LogP contribution >= 0.6 is 80.6 Å². The van der Waals surface area contributed by atoms with E-state index in [-0.39, 0.29) is 87.2 Å². The van der Waals surface area contributed by atoms with E-state index >= 15 is 0 Å². The van der Waals surface area contributed by atoms with Crippen molar-refractivity contribution in [2.75, 3.05) is 7.05 Å². The first-order valence-electron chi connectivity index (χ1n) is 44.2. The van der Waals surface area contributed by atoms with Crippen LogP contribution in [0.25, 0.3) is 4.85 Å². The van der Waals surface area contributed by atoms with Crippen LogP contribution in [0.5, 0.6) is 0 Å². The van der Waals surface area contributed by atoms with E-state index in [2.05, 4.69) is 32.8 Å². The van der Waals surface area contributed by atoms with E-state index < -0.39 is 79.9 Å². The van der Waals surface area contributed by atoms with Gasteiger partial charge in [-0.25, -0.2) is 13.6 Å². The molecule has 8 atom stereocenters. The van der Waals surface area contributed by atoms with E-state index in [1.807, 2.05) is 243 Å². The van der Waals surface area contributed by atoms with E-state index in [0.29, 0.717) is 76.3 Å². The molecule has 0 aliphatic heterocycles. The summed E-state index contributed by atoms with van der Waals surface area (Å²) in [6, 6.07) is 47.6. The zero-order valence-corrected chi connectivity index (χ0v) is 88.6. The molecule has 0 spiro atoms. The van der Waals surface area contributed by atoms with Crippen LogP contribution in [-0.2, 0) is 89.7 Å². The molecule has 0 aliphatic rings. The Labute approximate surface area is 834 Å². The lowest BCUT2D eigenvalue weighted by molar-refractivity contribution is -0.384. The van der Waals surface area contributed by atoms with Crippen LogP contribution in [0.1, 0.15) is 209 Å². The Hall–Kier alpha value is -8.27. The van der Waals surface area contributed by atoms with Gasteiger partial charge >= 0.3 is 0 Å². The van der Waals surface area contributed by atoms with Gasteiger partial charge in [-0.15, -0.1) is 0 Å². The second kappa shape index (κ2) is 56.6. The molecule has 0 heterocycles. The van der Waals surface area contributed by atoms with Crippen molar-refractivity contribution in [1.29, 1.82) is 0 Å². The highest BCUT2D eigenvalue weighted by Crippen LogP contribution is 2.30. The summed E-state index contributed by atoms with van der Waals surface area (Å²) in [6.07, 6.45) is 4.00. The van der Waals surface area contributed by atoms with Crippen molar-refractivity contribution in [3.8, 4) is 0 Å². The Morgan fingerprint density at radius 2 is 0.672 bits per heavy atom. The molecule has 15 N–H and O–H groups in total. The first-order chi connectivity index (χ1) is 61.3. The number of nitrogens with zero attached hydrogens (tertiary/aromatic N) is 2. The Kier molecular flexibility index (Phi) is 52.2. The second-order valence-electron chi connectivity index (χ2n) is 40.7. The van der Waals surface area contributed by atoms with Crippen molar-refractivity contribution >= 4 is 138 Å². The van der Waals surface area contributed by atoms with E-state index in [0.717, 1.165) is 56.1 Å². The predicted octanol–water partition coefficient (Wildman–Crippen LogP) is 22.2. The largest absolute Gasteiger partial charge is 0.321 e. The van der Waals surface area contributed by atoms with Crippen molar-refractivity contribution in [2.45, 2.75) is 266 Å². The van der Waals surface area contributed by atoms with Gasteiger partial charge in [0.2, 0.25) is 0 Å². The number of likely N-dealkylation sites (N-methyl/N-ethyl adjacent to an activating group) is 1. The number of nitro groups is 1. The van der Waals surface area contributed by atoms with Crippen LogP contribution in [-0.4, -0.2) is 107 Å². The highest BCUT2D eigenvalue weighted by atomic mass is 127. The number of hydrogen-bond donors (Lipinski definition) is 8. The summed E-state index contributed by atoms with van der Waals surface area (Å²) in [7, 11) is 1.82. The fraction of sp³-hybridized carbons (Fsp3) is 0.462. The molecule has 0 amide bonds. The number of halogens is 8. The van der Waals surface area contributed by atoms with Gasteiger partial charge in [-0.1, -0.05) is 326 Å². The number of nitrogens with two attached hydrogens (primary N) is 7. The maximum Gasteiger partial charge on any atom is 0.269 e. The van der Waals surface area contributed by atoms with Crippen LogP contribution in [0.15, 0.2) is 176 Å². The molecule has 0 saturated heterocycles. The molecule has 8 rings (SSSR count). The van der Waals surface area contributed by atoms with Gasteiger partial charge < -0.3 is 45.5 Å². The lowest BCUT2D eigenvalue weighted by atomic mass is 9.84. The molecular formula is C106H144Cl5F2IN10O10. The van der Waals surface area contributed by atoms with Gasteiger partial charge in [-0.3, -0.25) is 48.5 Å². The van der Waals surface area contributed by atoms with Crippen LogP contribution in [0.3, 0.4) is 0 Å². The summed E-state index contributed by atoms with van der Waals surface area (Å²) in [5.41, 5.74) is 47.4. The topological polar surface area (TPSA) is 378 Å². The summed E-state index contributed by atoms with van der Waals surface area (Å²) in [4.78, 5) is 109. The minimum Gasteiger partial charge on any atom is -0.321 e. The Morgan fingerprint density at radius 3 is 1.00 bits per heavy atom. The summed E-state index contributed by atoms with van der Waals surface area (Å²) >= 11 is 31.7. The smallest absolute Gasteiger partial charge is 0.269 e. The third-order valence-electron chi connectivity index (χ3n) is 20.6. The predicted molar refractivity (Wildman–Crippen MR) is 556 cm³/mol. The normalized spacial score (nSPS) is 13.3. The minimum absolute atomic E-state index is 0.0131. The summed E-state index contributed by atoms with van der Waals surface area (Å²) in [5.74, 6) is -1.29. The fourth-order valence-electron chi connectivity index (χ4n) is 12.7. The maximum absolute atomic E-state index is 13.0. The fourth-order valence-corrected chi connectivity index (χ4v) is 14.0. The van der Waals surface area contributed by atoms with Gasteiger partial charge in [-0.05, 0) is 193 Å². The van der Waals surface area contributed by atoms with Crippen molar-refractivity contribution in [1.82, 2.24) is 5.32 Å². The SMILES string of the molecule is CC(C)(C)C(=O)[C@H](N)Cc1ccc(Cl)c(Cl)c1.CC(C)(C)C(=O)[C@H](N)Cc1ccc(Cl)cc1Cl.CC(C)(C)C(=O)[C@H](N)Cc1ccc(F)c(F)c1.CC(C)(C)C(=O)[C@H](N)Cc1ccc([N+](=O)[O-])cc1.CC(C)C(=O)[C@H](N)Cc1ccc(I)cc1.CN[C@H](Cc1ccc(Cl)cc1)C(=O)C(C)(C)C.Cc1ccc(C[C@@H](N)C(=O)C(C)(C)C)cc1.[C-]#[N+]c1ccc(C[C@@H](N)C(=O)C(C)(C)C)cc1. The first kappa shape index (κ1) is 124. The van der Waals surface area contributed by atoms with E-state index in [4.69, 9.17) is 105 Å². The molecular weight excluding hydrogens is 1920 g/mol. The number of ketones is 8. The first-order valence-corrected chi connectivity index (χ1v) is 47.2. The number of hydrogen-bond acceptors (Lipinski definition) is 18. The van der Waals surface area contributed by atoms with Crippen LogP contribution < -0.4 is 45.5 Å². The number of nitro benzene ring substituents is 1. The number of non-ortho nitro benzene ring substituents is 1. The average molecular weight is 2060 g/mol. The second-order valence-corrected chi connectivity index (χ2v) is 44.1. The highest BCUT2D eigenvalue weighted by molar-refractivity contribution is 14.1. The molecule has 8 aromatic carbocycles. The van der Waals surface area contributed by atoms with Gasteiger partial charge in [0.05, 0.1) is 69.9 Å². The molecule has 0 aromatic heterocycles. The molecule has 28 heteroatoms. The quantitative estimate of drug-likeness (QED) is 0.0103.